The summed E-state index contributed by atoms with van der Waals surface area (Å²) in [5, 5.41) is 1.18. The minimum absolute atomic E-state index is 0.997. The van der Waals surface area contributed by atoms with E-state index in [0.717, 1.165) is 16.9 Å². The molecule has 17 heavy (non-hydrogen) atoms. The average Bonchev–Trinajstić information content (AvgIpc) is 2.61. The van der Waals surface area contributed by atoms with Gasteiger partial charge in [-0.3, -0.25) is 0 Å². The maximum atomic E-state index is 4.41. The Morgan fingerprint density at radius 2 is 2.18 bits per heavy atom. The van der Waals surface area contributed by atoms with E-state index in [1.54, 1.807) is 6.08 Å². The summed E-state index contributed by atoms with van der Waals surface area (Å²) in [5.74, 6) is 0. The molecule has 0 radical (unpaired) electrons. The second kappa shape index (κ2) is 4.42. The molecule has 0 aliphatic carbocycles. The van der Waals surface area contributed by atoms with Gasteiger partial charge in [-0.05, 0) is 30.2 Å². The van der Waals surface area contributed by atoms with Gasteiger partial charge in [-0.25, -0.2) is 4.98 Å². The SMILES string of the molecule is C=C/C=C(\C=C)c1c(C)c2cccnc2n1C. The molecule has 0 amide bonds. The van der Waals surface area contributed by atoms with Crippen LogP contribution in [-0.4, -0.2) is 9.55 Å². The second-order valence-corrected chi connectivity index (χ2v) is 3.97. The van der Waals surface area contributed by atoms with Crippen LogP contribution in [0.15, 0.2) is 49.7 Å². The molecule has 0 bridgehead atoms. The lowest BCUT2D eigenvalue weighted by Gasteiger charge is -2.05. The van der Waals surface area contributed by atoms with Crippen LogP contribution in [0.1, 0.15) is 11.3 Å². The zero-order chi connectivity index (χ0) is 12.4. The predicted molar refractivity (Wildman–Crippen MR) is 73.8 cm³/mol. The highest BCUT2D eigenvalue weighted by Gasteiger charge is 2.13. The summed E-state index contributed by atoms with van der Waals surface area (Å²) < 4.78 is 2.10. The van der Waals surface area contributed by atoms with Crippen molar-refractivity contribution in [2.45, 2.75) is 6.92 Å². The van der Waals surface area contributed by atoms with Gasteiger partial charge in [0.2, 0.25) is 0 Å². The largest absolute Gasteiger partial charge is 0.328 e. The molecule has 0 saturated heterocycles. The van der Waals surface area contributed by atoms with Crippen LogP contribution in [0, 0.1) is 6.92 Å². The molecular weight excluding hydrogens is 208 g/mol. The summed E-state index contributed by atoms with van der Waals surface area (Å²) in [6.45, 7) is 9.71. The first-order chi connectivity index (χ1) is 8.20. The molecule has 0 aliphatic heterocycles. The Bertz CT molecular complexity index is 576. The van der Waals surface area contributed by atoms with Gasteiger partial charge in [0.1, 0.15) is 5.65 Å². The molecule has 0 unspecified atom stereocenters. The van der Waals surface area contributed by atoms with Crippen molar-refractivity contribution in [2.75, 3.05) is 0 Å². The van der Waals surface area contributed by atoms with E-state index in [1.165, 1.54) is 10.9 Å². The fourth-order valence-electron chi connectivity index (χ4n) is 2.22. The van der Waals surface area contributed by atoms with Crippen molar-refractivity contribution in [2.24, 2.45) is 7.05 Å². The third kappa shape index (κ3) is 1.72. The van der Waals surface area contributed by atoms with Crippen LogP contribution in [0.2, 0.25) is 0 Å². The average molecular weight is 224 g/mol. The molecule has 0 saturated carbocycles. The van der Waals surface area contributed by atoms with Gasteiger partial charge in [0, 0.05) is 18.6 Å². The van der Waals surface area contributed by atoms with Gasteiger partial charge in [-0.2, -0.15) is 0 Å². The topological polar surface area (TPSA) is 17.8 Å². The van der Waals surface area contributed by atoms with Crippen molar-refractivity contribution in [1.29, 1.82) is 0 Å². The van der Waals surface area contributed by atoms with Crippen LogP contribution >= 0.6 is 0 Å². The predicted octanol–water partition coefficient (Wildman–Crippen LogP) is 3.64. The van der Waals surface area contributed by atoms with Crippen LogP contribution in [0.5, 0.6) is 0 Å². The third-order valence-corrected chi connectivity index (χ3v) is 2.99. The number of fused-ring (bicyclic) bond motifs is 1. The highest BCUT2D eigenvalue weighted by atomic mass is 15.0. The number of pyridine rings is 1. The summed E-state index contributed by atoms with van der Waals surface area (Å²) in [7, 11) is 2.03. The van der Waals surface area contributed by atoms with E-state index in [9.17, 15) is 0 Å². The van der Waals surface area contributed by atoms with E-state index >= 15 is 0 Å². The van der Waals surface area contributed by atoms with Crippen molar-refractivity contribution < 1.29 is 0 Å². The molecule has 0 aliphatic rings. The highest BCUT2D eigenvalue weighted by molar-refractivity contribution is 5.89. The Kier molecular flexibility index (Phi) is 2.96. The summed E-state index contributed by atoms with van der Waals surface area (Å²) in [6.07, 6.45) is 7.41. The molecule has 2 aromatic heterocycles. The minimum Gasteiger partial charge on any atom is -0.328 e. The van der Waals surface area contributed by atoms with Crippen LogP contribution in [0.25, 0.3) is 16.6 Å². The quantitative estimate of drug-likeness (QED) is 0.728. The normalized spacial score (nSPS) is 11.8. The summed E-state index contributed by atoms with van der Waals surface area (Å²) in [5.41, 5.74) is 4.44. The minimum atomic E-state index is 0.997. The summed E-state index contributed by atoms with van der Waals surface area (Å²) >= 11 is 0. The molecule has 2 heteroatoms. The number of aromatic nitrogens is 2. The molecule has 0 aromatic carbocycles. The molecule has 0 N–H and O–H groups in total. The first kappa shape index (κ1) is 11.4. The molecular formula is C15H16N2. The number of hydrogen-bond donors (Lipinski definition) is 0. The van der Waals surface area contributed by atoms with Gasteiger partial charge in [0.05, 0.1) is 5.69 Å². The Morgan fingerprint density at radius 3 is 2.76 bits per heavy atom. The van der Waals surface area contributed by atoms with Gasteiger partial charge < -0.3 is 4.57 Å². The number of rotatable bonds is 3. The number of hydrogen-bond acceptors (Lipinski definition) is 1. The van der Waals surface area contributed by atoms with Crippen LogP contribution in [0.4, 0.5) is 0 Å². The van der Waals surface area contributed by atoms with Crippen LogP contribution < -0.4 is 0 Å². The Balaban J connectivity index is 2.82. The standard InChI is InChI=1S/C15H16N2/c1-5-8-12(6-2)14-11(3)13-9-7-10-16-15(13)17(14)4/h5-10H,1-2H2,3-4H3/b12-8+. The van der Waals surface area contributed by atoms with E-state index in [0.29, 0.717) is 0 Å². The van der Waals surface area contributed by atoms with E-state index in [1.807, 2.05) is 31.5 Å². The third-order valence-electron chi connectivity index (χ3n) is 2.99. The zero-order valence-corrected chi connectivity index (χ0v) is 10.3. The van der Waals surface area contributed by atoms with Crippen LogP contribution in [0.3, 0.4) is 0 Å². The fraction of sp³-hybridized carbons (Fsp3) is 0.133. The first-order valence-corrected chi connectivity index (χ1v) is 5.56. The molecule has 2 aromatic rings. The summed E-state index contributed by atoms with van der Waals surface area (Å²) in [6, 6.07) is 4.06. The van der Waals surface area contributed by atoms with E-state index < -0.39 is 0 Å². The Hall–Kier alpha value is -2.09. The lowest BCUT2D eigenvalue weighted by atomic mass is 10.1. The van der Waals surface area contributed by atoms with Crippen molar-refractivity contribution >= 4 is 16.6 Å². The zero-order valence-electron chi connectivity index (χ0n) is 10.3. The molecule has 2 nitrogen and oxygen atoms in total. The second-order valence-electron chi connectivity index (χ2n) is 3.97. The van der Waals surface area contributed by atoms with Crippen molar-refractivity contribution in [1.82, 2.24) is 9.55 Å². The lowest BCUT2D eigenvalue weighted by Crippen LogP contribution is -1.96. The number of nitrogens with zero attached hydrogens (tertiary/aromatic N) is 2. The number of allylic oxidation sites excluding steroid dienone is 4. The van der Waals surface area contributed by atoms with Gasteiger partial charge >= 0.3 is 0 Å². The van der Waals surface area contributed by atoms with Gasteiger partial charge in [0.15, 0.2) is 0 Å². The Labute approximate surface area is 102 Å². The molecule has 2 rings (SSSR count). The maximum absolute atomic E-state index is 4.41. The monoisotopic (exact) mass is 224 g/mol. The van der Waals surface area contributed by atoms with Gasteiger partial charge in [0.25, 0.3) is 0 Å². The van der Waals surface area contributed by atoms with Gasteiger partial charge in [-0.15, -0.1) is 0 Å². The summed E-state index contributed by atoms with van der Waals surface area (Å²) in [4.78, 5) is 4.41. The van der Waals surface area contributed by atoms with E-state index in [4.69, 9.17) is 0 Å². The number of aryl methyl sites for hydroxylation is 2. The van der Waals surface area contributed by atoms with Crippen LogP contribution in [-0.2, 0) is 7.05 Å². The Morgan fingerprint density at radius 1 is 1.41 bits per heavy atom. The van der Waals surface area contributed by atoms with Crippen molar-refractivity contribution in [3.63, 3.8) is 0 Å². The maximum Gasteiger partial charge on any atom is 0.140 e. The van der Waals surface area contributed by atoms with E-state index in [-0.39, 0.29) is 0 Å². The fourth-order valence-corrected chi connectivity index (χ4v) is 2.22. The smallest absolute Gasteiger partial charge is 0.140 e. The van der Waals surface area contributed by atoms with E-state index in [2.05, 4.69) is 35.7 Å². The van der Waals surface area contributed by atoms with Gasteiger partial charge in [-0.1, -0.05) is 31.4 Å². The molecule has 0 spiro atoms. The molecule has 0 atom stereocenters. The molecule has 86 valence electrons. The lowest BCUT2D eigenvalue weighted by molar-refractivity contribution is 0.926. The van der Waals surface area contributed by atoms with Crippen molar-refractivity contribution in [3.05, 3.63) is 61.0 Å². The first-order valence-electron chi connectivity index (χ1n) is 5.56. The highest BCUT2D eigenvalue weighted by Crippen LogP contribution is 2.28. The molecule has 0 fully saturated rings. The van der Waals surface area contributed by atoms with Crippen molar-refractivity contribution in [3.8, 4) is 0 Å². The molecule has 2 heterocycles.